The Morgan fingerprint density at radius 2 is 2.06 bits per heavy atom. The zero-order chi connectivity index (χ0) is 13.3. The van der Waals surface area contributed by atoms with Gasteiger partial charge in [-0.1, -0.05) is 6.92 Å². The predicted molar refractivity (Wildman–Crippen MR) is 65.6 cm³/mol. The van der Waals surface area contributed by atoms with E-state index in [1.165, 1.54) is 0 Å². The Balaban J connectivity index is 3.73. The zero-order valence-corrected chi connectivity index (χ0v) is 10.8. The molecule has 3 N–H and O–H groups in total. The number of likely N-dealkylation sites (N-methyl/N-ethyl adjacent to an activating group) is 1. The van der Waals surface area contributed by atoms with E-state index in [9.17, 15) is 9.59 Å². The number of amides is 3. The molecule has 0 aromatic heterocycles. The van der Waals surface area contributed by atoms with Gasteiger partial charge in [-0.25, -0.2) is 4.79 Å². The molecule has 3 amide bonds. The van der Waals surface area contributed by atoms with Gasteiger partial charge in [-0.2, -0.15) is 0 Å². The predicted octanol–water partition coefficient (Wildman–Crippen LogP) is -0.0751. The van der Waals surface area contributed by atoms with E-state index >= 15 is 0 Å². The van der Waals surface area contributed by atoms with Crippen LogP contribution in [-0.4, -0.2) is 54.7 Å². The third-order valence-electron chi connectivity index (χ3n) is 2.13. The normalized spacial score (nSPS) is 12.3. The number of carbonyl (C=O) groups excluding carboxylic acids is 2. The van der Waals surface area contributed by atoms with Crippen LogP contribution in [-0.2, 0) is 4.79 Å². The minimum Gasteiger partial charge on any atom is -0.393 e. The summed E-state index contributed by atoms with van der Waals surface area (Å²) in [5, 5.41) is 13.9. The van der Waals surface area contributed by atoms with E-state index in [-0.39, 0.29) is 18.6 Å². The number of aliphatic hydroxyl groups is 1. The molecule has 0 aliphatic rings. The second-order valence-corrected chi connectivity index (χ2v) is 4.18. The molecule has 0 heterocycles. The molecule has 0 aromatic carbocycles. The molecule has 0 rings (SSSR count). The van der Waals surface area contributed by atoms with Crippen molar-refractivity contribution in [3.63, 3.8) is 0 Å². The van der Waals surface area contributed by atoms with Crippen molar-refractivity contribution in [2.24, 2.45) is 0 Å². The van der Waals surface area contributed by atoms with Gasteiger partial charge in [0.1, 0.15) is 0 Å². The van der Waals surface area contributed by atoms with Crippen molar-refractivity contribution in [2.75, 3.05) is 26.7 Å². The summed E-state index contributed by atoms with van der Waals surface area (Å²) in [6.45, 7) is 4.95. The summed E-state index contributed by atoms with van der Waals surface area (Å²) in [5.41, 5.74) is 0. The summed E-state index contributed by atoms with van der Waals surface area (Å²) >= 11 is 0. The average Bonchev–Trinajstić information content (AvgIpc) is 2.23. The van der Waals surface area contributed by atoms with Crippen LogP contribution in [0.5, 0.6) is 0 Å². The lowest BCUT2D eigenvalue weighted by Crippen LogP contribution is -2.44. The fourth-order valence-electron chi connectivity index (χ4n) is 1.18. The molecule has 6 nitrogen and oxygen atoms in total. The van der Waals surface area contributed by atoms with Gasteiger partial charge in [0.05, 0.1) is 12.6 Å². The number of aliphatic hydroxyl groups excluding tert-OH is 1. The first-order valence-electron chi connectivity index (χ1n) is 5.90. The summed E-state index contributed by atoms with van der Waals surface area (Å²) < 4.78 is 0. The van der Waals surface area contributed by atoms with Crippen LogP contribution in [0, 0.1) is 0 Å². The van der Waals surface area contributed by atoms with Crippen molar-refractivity contribution in [2.45, 2.75) is 32.8 Å². The van der Waals surface area contributed by atoms with Crippen LogP contribution in [0.2, 0.25) is 0 Å². The molecule has 0 fully saturated rings. The minimum absolute atomic E-state index is 0.145. The van der Waals surface area contributed by atoms with Gasteiger partial charge < -0.3 is 10.4 Å². The molecular formula is C11H23N3O3. The second kappa shape index (κ2) is 8.95. The maximum absolute atomic E-state index is 11.4. The van der Waals surface area contributed by atoms with E-state index in [0.717, 1.165) is 6.42 Å². The average molecular weight is 245 g/mol. The van der Waals surface area contributed by atoms with Crippen molar-refractivity contribution in [3.05, 3.63) is 0 Å². The van der Waals surface area contributed by atoms with Gasteiger partial charge in [-0.3, -0.25) is 15.0 Å². The highest BCUT2D eigenvalue weighted by Gasteiger charge is 2.10. The van der Waals surface area contributed by atoms with Crippen LogP contribution < -0.4 is 10.6 Å². The molecule has 0 saturated heterocycles. The van der Waals surface area contributed by atoms with Crippen molar-refractivity contribution < 1.29 is 14.7 Å². The third kappa shape index (κ3) is 9.77. The Bertz CT molecular complexity index is 244. The zero-order valence-electron chi connectivity index (χ0n) is 10.8. The van der Waals surface area contributed by atoms with E-state index in [1.54, 1.807) is 18.9 Å². The number of rotatable bonds is 7. The van der Waals surface area contributed by atoms with E-state index in [0.29, 0.717) is 19.5 Å². The van der Waals surface area contributed by atoms with Crippen LogP contribution >= 0.6 is 0 Å². The Morgan fingerprint density at radius 1 is 1.41 bits per heavy atom. The molecular weight excluding hydrogens is 222 g/mol. The highest BCUT2D eigenvalue weighted by Crippen LogP contribution is 1.92. The largest absolute Gasteiger partial charge is 0.393 e. The number of carbonyl (C=O) groups is 2. The van der Waals surface area contributed by atoms with Crippen LogP contribution in [0.4, 0.5) is 4.79 Å². The fraction of sp³-hybridized carbons (Fsp3) is 0.818. The number of hydrogen-bond donors (Lipinski definition) is 3. The van der Waals surface area contributed by atoms with Gasteiger partial charge in [-0.05, 0) is 26.8 Å². The first kappa shape index (κ1) is 15.9. The molecule has 17 heavy (non-hydrogen) atoms. The first-order chi connectivity index (χ1) is 7.95. The quantitative estimate of drug-likeness (QED) is 0.586. The van der Waals surface area contributed by atoms with Crippen LogP contribution in [0.1, 0.15) is 26.7 Å². The Hall–Kier alpha value is -1.14. The standard InChI is InChI=1S/C11H23N3O3/c1-4-6-12-11(17)13-10(16)8-14(3)7-5-9(2)15/h9,15H,4-8H2,1-3H3,(H2,12,13,16,17). The summed E-state index contributed by atoms with van der Waals surface area (Å²) in [6.07, 6.45) is 1.05. The maximum Gasteiger partial charge on any atom is 0.321 e. The molecule has 0 saturated carbocycles. The number of nitrogens with one attached hydrogen (secondary N) is 2. The van der Waals surface area contributed by atoms with Crippen LogP contribution in [0.25, 0.3) is 0 Å². The molecule has 0 aliphatic carbocycles. The molecule has 0 aliphatic heterocycles. The van der Waals surface area contributed by atoms with Crippen LogP contribution in [0.15, 0.2) is 0 Å². The van der Waals surface area contributed by atoms with E-state index in [1.807, 2.05) is 6.92 Å². The van der Waals surface area contributed by atoms with Gasteiger partial charge >= 0.3 is 6.03 Å². The highest BCUT2D eigenvalue weighted by molar-refractivity contribution is 5.95. The summed E-state index contributed by atoms with van der Waals surface area (Å²) in [6, 6.07) is -0.458. The third-order valence-corrected chi connectivity index (χ3v) is 2.13. The molecule has 100 valence electrons. The smallest absolute Gasteiger partial charge is 0.321 e. The number of hydrogen-bond acceptors (Lipinski definition) is 4. The molecule has 1 atom stereocenters. The Labute approximate surface area is 102 Å². The summed E-state index contributed by atoms with van der Waals surface area (Å²) in [5.74, 6) is -0.341. The number of imide groups is 1. The molecule has 0 radical (unpaired) electrons. The fourth-order valence-corrected chi connectivity index (χ4v) is 1.18. The van der Waals surface area contributed by atoms with Crippen molar-refractivity contribution in [1.29, 1.82) is 0 Å². The molecule has 0 spiro atoms. The SMILES string of the molecule is CCCNC(=O)NC(=O)CN(C)CCC(C)O. The lowest BCUT2D eigenvalue weighted by molar-refractivity contribution is -0.120. The number of nitrogens with zero attached hydrogens (tertiary/aromatic N) is 1. The topological polar surface area (TPSA) is 81.7 Å². The summed E-state index contributed by atoms with van der Waals surface area (Å²) in [4.78, 5) is 24.3. The van der Waals surface area contributed by atoms with Crippen LogP contribution in [0.3, 0.4) is 0 Å². The minimum atomic E-state index is -0.458. The monoisotopic (exact) mass is 245 g/mol. The molecule has 0 bridgehead atoms. The maximum atomic E-state index is 11.4. The second-order valence-electron chi connectivity index (χ2n) is 4.18. The van der Waals surface area contributed by atoms with E-state index < -0.39 is 6.03 Å². The van der Waals surface area contributed by atoms with Gasteiger partial charge in [-0.15, -0.1) is 0 Å². The van der Waals surface area contributed by atoms with E-state index in [4.69, 9.17) is 5.11 Å². The Morgan fingerprint density at radius 3 is 2.59 bits per heavy atom. The van der Waals surface area contributed by atoms with Crippen molar-refractivity contribution >= 4 is 11.9 Å². The molecule has 1 unspecified atom stereocenters. The lowest BCUT2D eigenvalue weighted by atomic mass is 10.3. The molecule has 6 heteroatoms. The number of urea groups is 1. The van der Waals surface area contributed by atoms with Gasteiger partial charge in [0.25, 0.3) is 0 Å². The van der Waals surface area contributed by atoms with Gasteiger partial charge in [0, 0.05) is 13.1 Å². The van der Waals surface area contributed by atoms with Gasteiger partial charge in [0.15, 0.2) is 0 Å². The summed E-state index contributed by atoms with van der Waals surface area (Å²) in [7, 11) is 1.77. The first-order valence-corrected chi connectivity index (χ1v) is 5.90. The lowest BCUT2D eigenvalue weighted by Gasteiger charge is -2.16. The van der Waals surface area contributed by atoms with E-state index in [2.05, 4.69) is 10.6 Å². The van der Waals surface area contributed by atoms with Gasteiger partial charge in [0.2, 0.25) is 5.91 Å². The molecule has 0 aromatic rings. The highest BCUT2D eigenvalue weighted by atomic mass is 16.3. The van der Waals surface area contributed by atoms with Crippen molar-refractivity contribution in [3.8, 4) is 0 Å². The van der Waals surface area contributed by atoms with Crippen molar-refractivity contribution in [1.82, 2.24) is 15.5 Å². The Kier molecular flexibility index (Phi) is 8.35.